The lowest BCUT2D eigenvalue weighted by atomic mass is 10.1. The van der Waals surface area contributed by atoms with Crippen molar-refractivity contribution in [2.75, 3.05) is 21.3 Å². The Labute approximate surface area is 160 Å². The molecule has 3 rings (SSSR count). The van der Waals surface area contributed by atoms with Crippen molar-refractivity contribution in [1.82, 2.24) is 14.9 Å². The van der Waals surface area contributed by atoms with E-state index in [1.807, 2.05) is 24.3 Å². The van der Waals surface area contributed by atoms with Gasteiger partial charge in [0, 0.05) is 13.1 Å². The van der Waals surface area contributed by atoms with E-state index in [1.165, 1.54) is 0 Å². The second-order valence-electron chi connectivity index (χ2n) is 6.34. The Balaban J connectivity index is 1.83. The summed E-state index contributed by atoms with van der Waals surface area (Å²) in [7, 11) is 4.86. The van der Waals surface area contributed by atoms with Gasteiger partial charge in [-0.25, -0.2) is 4.98 Å². The summed E-state index contributed by atoms with van der Waals surface area (Å²) in [5.74, 6) is 2.94. The third-order valence-corrected chi connectivity index (χ3v) is 4.72. The highest BCUT2D eigenvalue weighted by molar-refractivity contribution is 5.76. The predicted molar refractivity (Wildman–Crippen MR) is 107 cm³/mol. The summed E-state index contributed by atoms with van der Waals surface area (Å²) in [5, 5.41) is 3.56. The maximum absolute atomic E-state index is 5.44. The normalized spacial score (nSPS) is 12.2. The van der Waals surface area contributed by atoms with Crippen LogP contribution in [0.4, 0.5) is 0 Å². The van der Waals surface area contributed by atoms with E-state index in [4.69, 9.17) is 19.2 Å². The number of nitrogens with zero attached hydrogens (tertiary/aromatic N) is 2. The molecule has 1 heterocycles. The maximum atomic E-state index is 5.44. The molecule has 0 aliphatic rings. The van der Waals surface area contributed by atoms with Crippen molar-refractivity contribution in [3.8, 4) is 17.2 Å². The van der Waals surface area contributed by atoms with Crippen LogP contribution in [0.25, 0.3) is 11.0 Å². The van der Waals surface area contributed by atoms with Crippen molar-refractivity contribution in [2.24, 2.45) is 0 Å². The van der Waals surface area contributed by atoms with Crippen LogP contribution in [0, 0.1) is 0 Å². The van der Waals surface area contributed by atoms with Gasteiger partial charge in [0.05, 0.1) is 38.4 Å². The molecule has 1 N–H and O–H groups in total. The molecule has 0 aliphatic carbocycles. The van der Waals surface area contributed by atoms with Gasteiger partial charge in [-0.3, -0.25) is 0 Å². The maximum Gasteiger partial charge on any atom is 0.203 e. The van der Waals surface area contributed by atoms with Crippen LogP contribution in [0.5, 0.6) is 17.2 Å². The first-order valence-electron chi connectivity index (χ1n) is 9.10. The van der Waals surface area contributed by atoms with E-state index in [2.05, 4.69) is 35.9 Å². The van der Waals surface area contributed by atoms with E-state index in [-0.39, 0.29) is 6.04 Å². The van der Waals surface area contributed by atoms with E-state index in [9.17, 15) is 0 Å². The predicted octanol–water partition coefficient (Wildman–Crippen LogP) is 3.93. The molecule has 3 aromatic rings. The van der Waals surface area contributed by atoms with Gasteiger partial charge in [0.2, 0.25) is 5.75 Å². The number of imidazole rings is 1. The molecule has 1 aromatic heterocycles. The molecule has 27 heavy (non-hydrogen) atoms. The van der Waals surface area contributed by atoms with E-state index >= 15 is 0 Å². The average molecular weight is 369 g/mol. The largest absolute Gasteiger partial charge is 0.493 e. The summed E-state index contributed by atoms with van der Waals surface area (Å²) in [4.78, 5) is 4.82. The molecular formula is C21H27N3O3. The number of hydrogen-bond donors (Lipinski definition) is 1. The highest BCUT2D eigenvalue weighted by Crippen LogP contribution is 2.38. The second-order valence-corrected chi connectivity index (χ2v) is 6.34. The fraction of sp³-hybridized carbons (Fsp3) is 0.381. The lowest BCUT2D eigenvalue weighted by Gasteiger charge is -2.17. The zero-order valence-electron chi connectivity index (χ0n) is 16.6. The van der Waals surface area contributed by atoms with Crippen LogP contribution in [0.3, 0.4) is 0 Å². The number of para-hydroxylation sites is 2. The van der Waals surface area contributed by atoms with Gasteiger partial charge in [0.15, 0.2) is 11.5 Å². The summed E-state index contributed by atoms with van der Waals surface area (Å²) in [6, 6.07) is 12.3. The smallest absolute Gasteiger partial charge is 0.203 e. The van der Waals surface area contributed by atoms with Crippen LogP contribution >= 0.6 is 0 Å². The standard InChI is InChI=1S/C21H27N3O3/c1-6-24-17-10-8-7-9-16(17)23-21(24)14(2)22-13-15-11-18(25-3)20(27-5)19(12-15)26-4/h7-12,14,22H,6,13H2,1-5H3. The average Bonchev–Trinajstić information content (AvgIpc) is 3.09. The number of nitrogens with one attached hydrogen (secondary N) is 1. The molecule has 6 nitrogen and oxygen atoms in total. The number of rotatable bonds is 8. The topological polar surface area (TPSA) is 57.5 Å². The van der Waals surface area contributed by atoms with Crippen LogP contribution in [-0.2, 0) is 13.1 Å². The van der Waals surface area contributed by atoms with Gasteiger partial charge in [-0.1, -0.05) is 12.1 Å². The first-order valence-corrected chi connectivity index (χ1v) is 9.10. The monoisotopic (exact) mass is 369 g/mol. The number of ether oxygens (including phenoxy) is 3. The first kappa shape index (κ1) is 19.0. The SMILES string of the molecule is CCn1c(C(C)NCc2cc(OC)c(OC)c(OC)c2)nc2ccccc21. The number of benzene rings is 2. The van der Waals surface area contributed by atoms with Crippen molar-refractivity contribution >= 4 is 11.0 Å². The van der Waals surface area contributed by atoms with Crippen molar-refractivity contribution in [3.63, 3.8) is 0 Å². The molecular weight excluding hydrogens is 342 g/mol. The van der Waals surface area contributed by atoms with Crippen molar-refractivity contribution < 1.29 is 14.2 Å². The molecule has 144 valence electrons. The Morgan fingerprint density at radius 2 is 1.70 bits per heavy atom. The molecule has 0 saturated heterocycles. The van der Waals surface area contributed by atoms with Crippen LogP contribution in [0.1, 0.15) is 31.3 Å². The van der Waals surface area contributed by atoms with Crippen molar-refractivity contribution in [2.45, 2.75) is 33.0 Å². The third-order valence-electron chi connectivity index (χ3n) is 4.72. The third kappa shape index (κ3) is 3.71. The molecule has 0 fully saturated rings. The van der Waals surface area contributed by atoms with Crippen LogP contribution < -0.4 is 19.5 Å². The molecule has 2 aromatic carbocycles. The van der Waals surface area contributed by atoms with Gasteiger partial charge in [0.25, 0.3) is 0 Å². The zero-order valence-corrected chi connectivity index (χ0v) is 16.6. The molecule has 1 unspecified atom stereocenters. The Bertz CT molecular complexity index is 895. The fourth-order valence-corrected chi connectivity index (χ4v) is 3.36. The first-order chi connectivity index (χ1) is 13.1. The molecule has 0 aliphatic heterocycles. The van der Waals surface area contributed by atoms with Crippen molar-refractivity contribution in [3.05, 3.63) is 47.8 Å². The molecule has 0 amide bonds. The molecule has 6 heteroatoms. The Morgan fingerprint density at radius 3 is 2.30 bits per heavy atom. The quantitative estimate of drug-likeness (QED) is 0.652. The van der Waals surface area contributed by atoms with E-state index in [1.54, 1.807) is 21.3 Å². The minimum Gasteiger partial charge on any atom is -0.493 e. The Morgan fingerprint density at radius 1 is 1.04 bits per heavy atom. The summed E-state index contributed by atoms with van der Waals surface area (Å²) in [6.45, 7) is 5.81. The van der Waals surface area contributed by atoms with Gasteiger partial charge in [-0.05, 0) is 43.7 Å². The molecule has 0 spiro atoms. The van der Waals surface area contributed by atoms with Gasteiger partial charge < -0.3 is 24.1 Å². The number of methoxy groups -OCH3 is 3. The van der Waals surface area contributed by atoms with Crippen LogP contribution in [-0.4, -0.2) is 30.9 Å². The van der Waals surface area contributed by atoms with Crippen molar-refractivity contribution in [1.29, 1.82) is 0 Å². The number of fused-ring (bicyclic) bond motifs is 1. The molecule has 0 saturated carbocycles. The second kappa shape index (κ2) is 8.31. The lowest BCUT2D eigenvalue weighted by molar-refractivity contribution is 0.323. The Kier molecular flexibility index (Phi) is 5.86. The van der Waals surface area contributed by atoms with E-state index < -0.39 is 0 Å². The molecule has 0 bridgehead atoms. The van der Waals surface area contributed by atoms with Gasteiger partial charge >= 0.3 is 0 Å². The zero-order chi connectivity index (χ0) is 19.4. The minimum absolute atomic E-state index is 0.0939. The molecule has 0 radical (unpaired) electrons. The highest BCUT2D eigenvalue weighted by Gasteiger charge is 2.17. The number of aryl methyl sites for hydroxylation is 1. The highest BCUT2D eigenvalue weighted by atomic mass is 16.5. The minimum atomic E-state index is 0.0939. The summed E-state index contributed by atoms with van der Waals surface area (Å²) >= 11 is 0. The van der Waals surface area contributed by atoms with Crippen LogP contribution in [0.15, 0.2) is 36.4 Å². The van der Waals surface area contributed by atoms with Gasteiger partial charge in [0.1, 0.15) is 5.82 Å². The van der Waals surface area contributed by atoms with Crippen LogP contribution in [0.2, 0.25) is 0 Å². The fourth-order valence-electron chi connectivity index (χ4n) is 3.36. The van der Waals surface area contributed by atoms with Gasteiger partial charge in [-0.2, -0.15) is 0 Å². The molecule has 1 atom stereocenters. The number of aromatic nitrogens is 2. The lowest BCUT2D eigenvalue weighted by Crippen LogP contribution is -2.21. The summed E-state index contributed by atoms with van der Waals surface area (Å²) < 4.78 is 18.5. The summed E-state index contributed by atoms with van der Waals surface area (Å²) in [5.41, 5.74) is 3.24. The van der Waals surface area contributed by atoms with Gasteiger partial charge in [-0.15, -0.1) is 0 Å². The Hall–Kier alpha value is -2.73. The van der Waals surface area contributed by atoms with E-state index in [0.717, 1.165) is 29.0 Å². The summed E-state index contributed by atoms with van der Waals surface area (Å²) in [6.07, 6.45) is 0. The van der Waals surface area contributed by atoms with E-state index in [0.29, 0.717) is 23.8 Å². The number of hydrogen-bond acceptors (Lipinski definition) is 5.